The molecule has 0 bridgehead atoms. The highest BCUT2D eigenvalue weighted by Gasteiger charge is 2.13. The molecule has 114 valence electrons. The number of carbonyl (C=O) groups excluding carboxylic acids is 1. The zero-order valence-corrected chi connectivity index (χ0v) is 12.7. The molecule has 2 aromatic carbocycles. The van der Waals surface area contributed by atoms with Crippen molar-refractivity contribution in [1.29, 1.82) is 0 Å². The van der Waals surface area contributed by atoms with Crippen molar-refractivity contribution < 1.29 is 9.53 Å². The number of nitrogens with zero attached hydrogens (tertiary/aromatic N) is 1. The topological polar surface area (TPSA) is 39.2 Å². The van der Waals surface area contributed by atoms with Crippen molar-refractivity contribution in [3.05, 3.63) is 95.8 Å². The second kappa shape index (κ2) is 7.36. The maximum absolute atomic E-state index is 12.6. The zero-order chi connectivity index (χ0) is 15.9. The van der Waals surface area contributed by atoms with Gasteiger partial charge < -0.3 is 4.74 Å². The standard InChI is InChI=1S/C20H17NO2/c22-20(16-8-2-1-3-9-16)18-11-4-5-12-19(18)23-15-13-17-10-6-7-14-21-17/h1-12,14H,13,15H2. The fraction of sp³-hybridized carbons (Fsp3) is 0.100. The van der Waals surface area contributed by atoms with E-state index in [2.05, 4.69) is 4.98 Å². The Bertz CT molecular complexity index is 770. The van der Waals surface area contributed by atoms with Crippen molar-refractivity contribution in [2.45, 2.75) is 6.42 Å². The molecular weight excluding hydrogens is 286 g/mol. The fourth-order valence-corrected chi connectivity index (χ4v) is 2.34. The van der Waals surface area contributed by atoms with Gasteiger partial charge in [0.15, 0.2) is 5.78 Å². The van der Waals surface area contributed by atoms with Crippen LogP contribution in [0.15, 0.2) is 79.0 Å². The van der Waals surface area contributed by atoms with Crippen LogP contribution in [-0.2, 0) is 6.42 Å². The molecule has 0 fully saturated rings. The van der Waals surface area contributed by atoms with Gasteiger partial charge in [0.2, 0.25) is 0 Å². The summed E-state index contributed by atoms with van der Waals surface area (Å²) in [6.45, 7) is 0.482. The van der Waals surface area contributed by atoms with Gasteiger partial charge in [0.1, 0.15) is 5.75 Å². The molecule has 3 nitrogen and oxygen atoms in total. The van der Waals surface area contributed by atoms with Crippen LogP contribution in [0.3, 0.4) is 0 Å². The van der Waals surface area contributed by atoms with Crippen molar-refractivity contribution >= 4 is 5.78 Å². The number of carbonyl (C=O) groups is 1. The van der Waals surface area contributed by atoms with Gasteiger partial charge in [-0.15, -0.1) is 0 Å². The molecule has 0 aliphatic rings. The highest BCUT2D eigenvalue weighted by atomic mass is 16.5. The van der Waals surface area contributed by atoms with Crippen molar-refractivity contribution in [2.24, 2.45) is 0 Å². The minimum atomic E-state index is -0.0287. The van der Waals surface area contributed by atoms with E-state index in [1.165, 1.54) is 0 Å². The molecule has 0 amide bonds. The lowest BCUT2D eigenvalue weighted by atomic mass is 10.0. The molecule has 0 spiro atoms. The van der Waals surface area contributed by atoms with Crippen LogP contribution in [0.2, 0.25) is 0 Å². The molecule has 1 heterocycles. The minimum Gasteiger partial charge on any atom is -0.492 e. The minimum absolute atomic E-state index is 0.0287. The number of aromatic nitrogens is 1. The second-order valence-corrected chi connectivity index (χ2v) is 5.11. The third kappa shape index (κ3) is 3.83. The Kier molecular flexibility index (Phi) is 4.79. The van der Waals surface area contributed by atoms with Gasteiger partial charge >= 0.3 is 0 Å². The highest BCUT2D eigenvalue weighted by Crippen LogP contribution is 2.21. The third-order valence-corrected chi connectivity index (χ3v) is 3.51. The van der Waals surface area contributed by atoms with E-state index in [9.17, 15) is 4.79 Å². The second-order valence-electron chi connectivity index (χ2n) is 5.11. The number of hydrogen-bond donors (Lipinski definition) is 0. The van der Waals surface area contributed by atoms with Crippen molar-refractivity contribution in [2.75, 3.05) is 6.61 Å². The quantitative estimate of drug-likeness (QED) is 0.648. The average Bonchev–Trinajstić information content (AvgIpc) is 2.63. The lowest BCUT2D eigenvalue weighted by Crippen LogP contribution is -2.08. The fourth-order valence-electron chi connectivity index (χ4n) is 2.34. The van der Waals surface area contributed by atoms with Crippen LogP contribution < -0.4 is 4.74 Å². The summed E-state index contributed by atoms with van der Waals surface area (Å²) in [4.78, 5) is 16.9. The van der Waals surface area contributed by atoms with Gasteiger partial charge in [0, 0.05) is 23.9 Å². The SMILES string of the molecule is O=C(c1ccccc1)c1ccccc1OCCc1ccccn1. The number of ketones is 1. The molecule has 0 atom stereocenters. The molecule has 0 saturated carbocycles. The lowest BCUT2D eigenvalue weighted by molar-refractivity contribution is 0.103. The number of hydrogen-bond acceptors (Lipinski definition) is 3. The van der Waals surface area contributed by atoms with Crippen LogP contribution in [0, 0.1) is 0 Å². The maximum Gasteiger partial charge on any atom is 0.196 e. The summed E-state index contributed by atoms with van der Waals surface area (Å²) in [5.41, 5.74) is 2.22. The molecule has 3 rings (SSSR count). The van der Waals surface area contributed by atoms with Gasteiger partial charge in [-0.25, -0.2) is 0 Å². The van der Waals surface area contributed by atoms with Crippen molar-refractivity contribution in [3.8, 4) is 5.75 Å². The van der Waals surface area contributed by atoms with Gasteiger partial charge in [-0.2, -0.15) is 0 Å². The molecule has 3 aromatic rings. The maximum atomic E-state index is 12.6. The van der Waals surface area contributed by atoms with Crippen molar-refractivity contribution in [3.63, 3.8) is 0 Å². The Labute approximate surface area is 135 Å². The van der Waals surface area contributed by atoms with Crippen LogP contribution in [0.5, 0.6) is 5.75 Å². The first-order valence-electron chi connectivity index (χ1n) is 7.56. The molecule has 0 unspecified atom stereocenters. The molecule has 23 heavy (non-hydrogen) atoms. The smallest absolute Gasteiger partial charge is 0.196 e. The Morgan fingerprint density at radius 3 is 2.39 bits per heavy atom. The van der Waals surface area contributed by atoms with E-state index in [4.69, 9.17) is 4.74 Å². The summed E-state index contributed by atoms with van der Waals surface area (Å²) < 4.78 is 5.82. The molecule has 0 aliphatic heterocycles. The Morgan fingerprint density at radius 1 is 0.870 bits per heavy atom. The molecule has 0 radical (unpaired) electrons. The van der Waals surface area contributed by atoms with Crippen LogP contribution in [0.25, 0.3) is 0 Å². The Morgan fingerprint density at radius 2 is 1.61 bits per heavy atom. The molecule has 0 aliphatic carbocycles. The number of ether oxygens (including phenoxy) is 1. The first-order chi connectivity index (χ1) is 11.3. The van der Waals surface area contributed by atoms with Crippen molar-refractivity contribution in [1.82, 2.24) is 4.98 Å². The Balaban J connectivity index is 1.72. The van der Waals surface area contributed by atoms with E-state index in [-0.39, 0.29) is 5.78 Å². The normalized spacial score (nSPS) is 10.3. The first-order valence-corrected chi connectivity index (χ1v) is 7.56. The molecule has 0 saturated heterocycles. The molecular formula is C20H17NO2. The summed E-state index contributed by atoms with van der Waals surface area (Å²) in [6, 6.07) is 22.4. The summed E-state index contributed by atoms with van der Waals surface area (Å²) in [5, 5.41) is 0. The number of para-hydroxylation sites is 1. The number of benzene rings is 2. The van der Waals surface area contributed by atoms with Gasteiger partial charge in [0.05, 0.1) is 12.2 Å². The predicted molar refractivity (Wildman–Crippen MR) is 89.8 cm³/mol. The third-order valence-electron chi connectivity index (χ3n) is 3.51. The van der Waals surface area contributed by atoms with Gasteiger partial charge in [-0.3, -0.25) is 9.78 Å². The van der Waals surface area contributed by atoms with Crippen LogP contribution in [0.4, 0.5) is 0 Å². The molecule has 0 N–H and O–H groups in total. The lowest BCUT2D eigenvalue weighted by Gasteiger charge is -2.10. The molecule has 1 aromatic heterocycles. The summed E-state index contributed by atoms with van der Waals surface area (Å²) in [7, 11) is 0. The van der Waals surface area contributed by atoms with Crippen LogP contribution in [0.1, 0.15) is 21.6 Å². The van der Waals surface area contributed by atoms with Gasteiger partial charge in [-0.05, 0) is 24.3 Å². The van der Waals surface area contributed by atoms with Gasteiger partial charge in [0.25, 0.3) is 0 Å². The van der Waals surface area contributed by atoms with E-state index in [1.807, 2.05) is 66.7 Å². The van der Waals surface area contributed by atoms with E-state index >= 15 is 0 Å². The average molecular weight is 303 g/mol. The molecule has 3 heteroatoms. The van der Waals surface area contributed by atoms with Crippen LogP contribution in [-0.4, -0.2) is 17.4 Å². The van der Waals surface area contributed by atoms with Gasteiger partial charge in [-0.1, -0.05) is 48.5 Å². The highest BCUT2D eigenvalue weighted by molar-refractivity contribution is 6.10. The Hall–Kier alpha value is -2.94. The van der Waals surface area contributed by atoms with E-state index in [0.717, 1.165) is 5.69 Å². The zero-order valence-electron chi connectivity index (χ0n) is 12.7. The predicted octanol–water partition coefficient (Wildman–Crippen LogP) is 3.93. The number of pyridine rings is 1. The van der Waals surface area contributed by atoms with E-state index in [1.54, 1.807) is 12.3 Å². The summed E-state index contributed by atoms with van der Waals surface area (Å²) >= 11 is 0. The largest absolute Gasteiger partial charge is 0.492 e. The monoisotopic (exact) mass is 303 g/mol. The van der Waals surface area contributed by atoms with E-state index < -0.39 is 0 Å². The summed E-state index contributed by atoms with van der Waals surface area (Å²) in [6.07, 6.45) is 2.47. The first kappa shape index (κ1) is 15.0. The van der Waals surface area contributed by atoms with E-state index in [0.29, 0.717) is 29.9 Å². The summed E-state index contributed by atoms with van der Waals surface area (Å²) in [5.74, 6) is 0.580. The number of rotatable bonds is 6. The van der Waals surface area contributed by atoms with Crippen LogP contribution >= 0.6 is 0 Å².